The van der Waals surface area contributed by atoms with Gasteiger partial charge in [0.05, 0.1) is 9.77 Å². The Bertz CT molecular complexity index is 456. The molecule has 1 heterocycles. The van der Waals surface area contributed by atoms with Crippen molar-refractivity contribution in [2.24, 2.45) is 0 Å². The highest BCUT2D eigenvalue weighted by Crippen LogP contribution is 2.25. The second-order valence-electron chi connectivity index (χ2n) is 2.95. The Hall–Kier alpha value is -1.30. The van der Waals surface area contributed by atoms with Crippen molar-refractivity contribution in [3.05, 3.63) is 46.2 Å². The van der Waals surface area contributed by atoms with Gasteiger partial charge in [-0.3, -0.25) is 0 Å². The van der Waals surface area contributed by atoms with Crippen molar-refractivity contribution in [3.8, 4) is 11.5 Å². The summed E-state index contributed by atoms with van der Waals surface area (Å²) < 4.78 is 6.70. The molecule has 0 saturated carbocycles. The van der Waals surface area contributed by atoms with E-state index in [0.717, 1.165) is 9.32 Å². The van der Waals surface area contributed by atoms with Crippen LogP contribution in [0.1, 0.15) is 0 Å². The van der Waals surface area contributed by atoms with Gasteiger partial charge in [-0.1, -0.05) is 12.1 Å². The molecule has 2 rings (SSSR count). The van der Waals surface area contributed by atoms with E-state index in [2.05, 4.69) is 27.6 Å². The summed E-state index contributed by atoms with van der Waals surface area (Å²) in [5.74, 6) is 2.00. The Morgan fingerprint density at radius 2 is 1.93 bits per heavy atom. The van der Waals surface area contributed by atoms with Crippen LogP contribution in [0.4, 0.5) is 5.82 Å². The van der Waals surface area contributed by atoms with E-state index in [1.807, 2.05) is 24.3 Å². The molecule has 0 saturated heterocycles. The van der Waals surface area contributed by atoms with Crippen LogP contribution < -0.4 is 10.5 Å². The first-order chi connectivity index (χ1) is 7.25. The molecule has 1 aromatic heterocycles. The first-order valence-corrected chi connectivity index (χ1v) is 5.47. The summed E-state index contributed by atoms with van der Waals surface area (Å²) in [7, 11) is 0. The van der Waals surface area contributed by atoms with E-state index in [-0.39, 0.29) is 0 Å². The molecule has 0 aliphatic rings. The summed E-state index contributed by atoms with van der Waals surface area (Å²) in [6.07, 6.45) is 1.61. The number of anilines is 1. The van der Waals surface area contributed by atoms with Crippen molar-refractivity contribution in [2.75, 3.05) is 5.73 Å². The first-order valence-electron chi connectivity index (χ1n) is 4.39. The Kier molecular flexibility index (Phi) is 3.05. The fourth-order valence-corrected chi connectivity index (χ4v) is 1.60. The molecule has 0 aliphatic carbocycles. The number of rotatable bonds is 2. The average molecular weight is 312 g/mol. The molecule has 0 spiro atoms. The van der Waals surface area contributed by atoms with Crippen LogP contribution in [0.15, 0.2) is 42.6 Å². The van der Waals surface area contributed by atoms with E-state index in [0.29, 0.717) is 11.6 Å². The molecule has 2 N–H and O–H groups in total. The van der Waals surface area contributed by atoms with Crippen LogP contribution in [0.3, 0.4) is 0 Å². The van der Waals surface area contributed by atoms with Crippen molar-refractivity contribution in [2.45, 2.75) is 0 Å². The largest absolute Gasteiger partial charge is 0.455 e. The van der Waals surface area contributed by atoms with Gasteiger partial charge in [-0.2, -0.15) is 0 Å². The van der Waals surface area contributed by atoms with Crippen molar-refractivity contribution < 1.29 is 4.74 Å². The standard InChI is InChI=1S/C11H9IN2O/c12-9-3-1-2-4-10(9)15-8-5-6-11(13)14-7-8/h1-7H,(H2,13,14). The van der Waals surface area contributed by atoms with Gasteiger partial charge in [0.15, 0.2) is 0 Å². The van der Waals surface area contributed by atoms with E-state index in [4.69, 9.17) is 10.5 Å². The van der Waals surface area contributed by atoms with E-state index in [1.165, 1.54) is 0 Å². The highest BCUT2D eigenvalue weighted by molar-refractivity contribution is 14.1. The zero-order valence-electron chi connectivity index (χ0n) is 7.85. The van der Waals surface area contributed by atoms with Gasteiger partial charge >= 0.3 is 0 Å². The molecule has 0 fully saturated rings. The van der Waals surface area contributed by atoms with E-state index in [1.54, 1.807) is 18.3 Å². The summed E-state index contributed by atoms with van der Waals surface area (Å²) >= 11 is 2.22. The minimum atomic E-state index is 0.491. The normalized spacial score (nSPS) is 9.93. The highest BCUT2D eigenvalue weighted by atomic mass is 127. The smallest absolute Gasteiger partial charge is 0.145 e. The Balaban J connectivity index is 2.22. The van der Waals surface area contributed by atoms with Gasteiger partial charge in [-0.25, -0.2) is 4.98 Å². The number of aromatic nitrogens is 1. The van der Waals surface area contributed by atoms with Crippen LogP contribution in [0.5, 0.6) is 11.5 Å². The fourth-order valence-electron chi connectivity index (χ4n) is 1.11. The summed E-state index contributed by atoms with van der Waals surface area (Å²) in [6, 6.07) is 11.3. The van der Waals surface area contributed by atoms with Gasteiger partial charge in [0.25, 0.3) is 0 Å². The summed E-state index contributed by atoms with van der Waals surface area (Å²) in [6.45, 7) is 0. The molecular weight excluding hydrogens is 303 g/mol. The predicted octanol–water partition coefficient (Wildman–Crippen LogP) is 3.06. The number of halogens is 1. The molecule has 4 heteroatoms. The van der Waals surface area contributed by atoms with Gasteiger partial charge in [0, 0.05) is 0 Å². The zero-order valence-corrected chi connectivity index (χ0v) is 10.0. The lowest BCUT2D eigenvalue weighted by Gasteiger charge is -2.06. The number of para-hydroxylation sites is 1. The topological polar surface area (TPSA) is 48.1 Å². The molecule has 0 amide bonds. The second kappa shape index (κ2) is 4.48. The van der Waals surface area contributed by atoms with Crippen LogP contribution in [-0.4, -0.2) is 4.98 Å². The number of ether oxygens (including phenoxy) is 1. The molecule has 15 heavy (non-hydrogen) atoms. The second-order valence-corrected chi connectivity index (χ2v) is 4.11. The summed E-state index contributed by atoms with van der Waals surface area (Å²) in [4.78, 5) is 3.96. The molecule has 76 valence electrons. The van der Waals surface area contributed by atoms with Gasteiger partial charge in [0.1, 0.15) is 17.3 Å². The Labute approximate surface area is 101 Å². The number of nitrogen functional groups attached to an aromatic ring is 1. The van der Waals surface area contributed by atoms with E-state index in [9.17, 15) is 0 Å². The molecule has 2 aromatic rings. The maximum Gasteiger partial charge on any atom is 0.145 e. The number of hydrogen-bond acceptors (Lipinski definition) is 3. The van der Waals surface area contributed by atoms with Crippen LogP contribution in [0.25, 0.3) is 0 Å². The number of nitrogens with zero attached hydrogens (tertiary/aromatic N) is 1. The number of pyridine rings is 1. The molecule has 0 unspecified atom stereocenters. The van der Waals surface area contributed by atoms with Crippen LogP contribution in [0.2, 0.25) is 0 Å². The molecule has 1 aromatic carbocycles. The quantitative estimate of drug-likeness (QED) is 0.867. The lowest BCUT2D eigenvalue weighted by Crippen LogP contribution is -1.91. The van der Waals surface area contributed by atoms with Crippen LogP contribution in [0, 0.1) is 3.57 Å². The van der Waals surface area contributed by atoms with Crippen LogP contribution >= 0.6 is 22.6 Å². The molecule has 0 aliphatic heterocycles. The average Bonchev–Trinajstić information content (AvgIpc) is 2.25. The van der Waals surface area contributed by atoms with Gasteiger partial charge < -0.3 is 10.5 Å². The lowest BCUT2D eigenvalue weighted by atomic mass is 10.3. The molecule has 0 atom stereocenters. The predicted molar refractivity (Wildman–Crippen MR) is 67.9 cm³/mol. The number of benzene rings is 1. The third kappa shape index (κ3) is 2.59. The summed E-state index contributed by atoms with van der Waals surface area (Å²) in [5.41, 5.74) is 5.48. The van der Waals surface area contributed by atoms with Crippen molar-refractivity contribution in [1.29, 1.82) is 0 Å². The lowest BCUT2D eigenvalue weighted by molar-refractivity contribution is 0.477. The molecular formula is C11H9IN2O. The minimum absolute atomic E-state index is 0.491. The van der Waals surface area contributed by atoms with Gasteiger partial charge in [0.2, 0.25) is 0 Å². The first kappa shape index (κ1) is 10.2. The van der Waals surface area contributed by atoms with E-state index >= 15 is 0 Å². The SMILES string of the molecule is Nc1ccc(Oc2ccccc2I)cn1. The van der Waals surface area contributed by atoms with Crippen molar-refractivity contribution >= 4 is 28.4 Å². The number of hydrogen-bond donors (Lipinski definition) is 1. The van der Waals surface area contributed by atoms with Crippen molar-refractivity contribution in [3.63, 3.8) is 0 Å². The monoisotopic (exact) mass is 312 g/mol. The molecule has 0 radical (unpaired) electrons. The third-order valence-electron chi connectivity index (χ3n) is 1.82. The number of nitrogens with two attached hydrogens (primary N) is 1. The van der Waals surface area contributed by atoms with Gasteiger partial charge in [-0.15, -0.1) is 0 Å². The maximum atomic E-state index is 5.64. The summed E-state index contributed by atoms with van der Waals surface area (Å²) in [5, 5.41) is 0. The third-order valence-corrected chi connectivity index (χ3v) is 2.71. The molecule has 3 nitrogen and oxygen atoms in total. The Morgan fingerprint density at radius 1 is 1.13 bits per heavy atom. The fraction of sp³-hybridized carbons (Fsp3) is 0. The van der Waals surface area contributed by atoms with Gasteiger partial charge in [-0.05, 0) is 46.9 Å². The highest BCUT2D eigenvalue weighted by Gasteiger charge is 2.01. The zero-order chi connectivity index (χ0) is 10.7. The Morgan fingerprint density at radius 3 is 2.60 bits per heavy atom. The van der Waals surface area contributed by atoms with E-state index < -0.39 is 0 Å². The molecule has 0 bridgehead atoms. The minimum Gasteiger partial charge on any atom is -0.455 e. The maximum absolute atomic E-state index is 5.64. The van der Waals surface area contributed by atoms with Crippen LogP contribution in [-0.2, 0) is 0 Å². The van der Waals surface area contributed by atoms with Crippen molar-refractivity contribution in [1.82, 2.24) is 4.98 Å².